The van der Waals surface area contributed by atoms with Crippen molar-refractivity contribution in [3.8, 4) is 10.4 Å². The first kappa shape index (κ1) is 14.2. The molecule has 0 saturated carbocycles. The van der Waals surface area contributed by atoms with Crippen LogP contribution in [0.4, 0.5) is 0 Å². The molecule has 0 N–H and O–H groups in total. The van der Waals surface area contributed by atoms with Crippen LogP contribution in [0.1, 0.15) is 5.56 Å². The van der Waals surface area contributed by atoms with Crippen molar-refractivity contribution in [3.05, 3.63) is 63.6 Å². The number of benzene rings is 1. The van der Waals surface area contributed by atoms with Gasteiger partial charge in [-0.15, -0.1) is 11.3 Å². The molecule has 0 amide bonds. The summed E-state index contributed by atoms with van der Waals surface area (Å²) in [6.07, 6.45) is 1.59. The number of hydrogen-bond acceptors (Lipinski definition) is 3. The Morgan fingerprint density at radius 2 is 2.10 bits per heavy atom. The Kier molecular flexibility index (Phi) is 3.78. The van der Waals surface area contributed by atoms with Crippen LogP contribution in [-0.2, 0) is 6.54 Å². The van der Waals surface area contributed by atoms with Gasteiger partial charge in [0, 0.05) is 9.36 Å². The Labute approximate surface area is 134 Å². The molecule has 3 aromatic rings. The zero-order valence-electron chi connectivity index (χ0n) is 11.5. The van der Waals surface area contributed by atoms with Crippen molar-refractivity contribution in [2.24, 2.45) is 0 Å². The third-order valence-corrected chi connectivity index (χ3v) is 4.79. The number of aryl methyl sites for hydroxylation is 1. The van der Waals surface area contributed by atoms with Crippen molar-refractivity contribution in [1.82, 2.24) is 9.55 Å². The van der Waals surface area contributed by atoms with E-state index < -0.39 is 0 Å². The van der Waals surface area contributed by atoms with E-state index in [9.17, 15) is 4.79 Å². The summed E-state index contributed by atoms with van der Waals surface area (Å²) in [7, 11) is 0. The third-order valence-electron chi connectivity index (χ3n) is 3.30. The lowest BCUT2D eigenvalue weighted by molar-refractivity contribution is 0.763. The van der Waals surface area contributed by atoms with Crippen LogP contribution in [0.5, 0.6) is 0 Å². The van der Waals surface area contributed by atoms with Crippen LogP contribution < -0.4 is 5.56 Å². The van der Waals surface area contributed by atoms with Crippen molar-refractivity contribution in [2.45, 2.75) is 13.5 Å². The number of rotatable bonds is 3. The van der Waals surface area contributed by atoms with Crippen molar-refractivity contribution in [1.29, 1.82) is 0 Å². The van der Waals surface area contributed by atoms with Gasteiger partial charge in [0.05, 0.1) is 18.3 Å². The average Bonchev–Trinajstić information content (AvgIpc) is 2.80. The maximum atomic E-state index is 12.6. The van der Waals surface area contributed by atoms with Gasteiger partial charge >= 0.3 is 0 Å². The second kappa shape index (κ2) is 5.58. The van der Waals surface area contributed by atoms with Gasteiger partial charge in [-0.3, -0.25) is 9.36 Å². The SMILES string of the molecule is C=C(Br)Cn1cnc2sc(-c3ccccc3)c(C)c2c1=O. The number of fused-ring (bicyclic) bond motifs is 1. The molecule has 0 spiro atoms. The zero-order valence-corrected chi connectivity index (χ0v) is 13.9. The van der Waals surface area contributed by atoms with Crippen molar-refractivity contribution >= 4 is 37.5 Å². The minimum atomic E-state index is -0.0171. The molecule has 3 nitrogen and oxygen atoms in total. The zero-order chi connectivity index (χ0) is 15.0. The molecule has 0 atom stereocenters. The number of thiophene rings is 1. The average molecular weight is 361 g/mol. The molecule has 0 bridgehead atoms. The third kappa shape index (κ3) is 2.59. The minimum absolute atomic E-state index is 0.0171. The Balaban J connectivity index is 2.24. The summed E-state index contributed by atoms with van der Waals surface area (Å²) in [5.74, 6) is 0. The van der Waals surface area contributed by atoms with Crippen molar-refractivity contribution in [2.75, 3.05) is 0 Å². The predicted octanol–water partition coefficient (Wildman–Crippen LogP) is 4.34. The Hall–Kier alpha value is -1.72. The molecule has 3 rings (SSSR count). The van der Waals surface area contributed by atoms with Gasteiger partial charge in [0.25, 0.3) is 5.56 Å². The van der Waals surface area contributed by atoms with E-state index in [1.165, 1.54) is 0 Å². The second-order valence-electron chi connectivity index (χ2n) is 4.80. The molecule has 0 aliphatic carbocycles. The number of halogens is 1. The van der Waals surface area contributed by atoms with Gasteiger partial charge < -0.3 is 0 Å². The molecular formula is C16H13BrN2OS. The van der Waals surface area contributed by atoms with Crippen LogP contribution in [0.15, 0.2) is 52.5 Å². The highest BCUT2D eigenvalue weighted by Crippen LogP contribution is 2.35. The van der Waals surface area contributed by atoms with Crippen molar-refractivity contribution in [3.63, 3.8) is 0 Å². The highest BCUT2D eigenvalue weighted by molar-refractivity contribution is 9.11. The monoisotopic (exact) mass is 360 g/mol. The van der Waals surface area contributed by atoms with Crippen LogP contribution in [0.3, 0.4) is 0 Å². The van der Waals surface area contributed by atoms with Gasteiger partial charge in [0.2, 0.25) is 0 Å². The molecule has 0 radical (unpaired) electrons. The molecule has 2 heterocycles. The van der Waals surface area contributed by atoms with Gasteiger partial charge in [0.1, 0.15) is 4.83 Å². The first-order valence-corrected chi connectivity index (χ1v) is 8.06. The van der Waals surface area contributed by atoms with E-state index >= 15 is 0 Å². The smallest absolute Gasteiger partial charge is 0.262 e. The van der Waals surface area contributed by atoms with Gasteiger partial charge in [-0.25, -0.2) is 4.98 Å². The number of allylic oxidation sites excluding steroid dienone is 1. The fourth-order valence-corrected chi connectivity index (χ4v) is 3.74. The largest absolute Gasteiger partial charge is 0.294 e. The first-order valence-electron chi connectivity index (χ1n) is 6.45. The second-order valence-corrected chi connectivity index (χ2v) is 6.92. The highest BCUT2D eigenvalue weighted by atomic mass is 79.9. The number of aromatic nitrogens is 2. The molecule has 0 saturated heterocycles. The van der Waals surface area contributed by atoms with Gasteiger partial charge in [-0.05, 0) is 18.1 Å². The summed E-state index contributed by atoms with van der Waals surface area (Å²) in [4.78, 5) is 18.9. The first-order chi connectivity index (χ1) is 10.1. The van der Waals surface area contributed by atoms with Crippen LogP contribution in [0.2, 0.25) is 0 Å². The van der Waals surface area contributed by atoms with E-state index in [0.29, 0.717) is 11.9 Å². The molecule has 21 heavy (non-hydrogen) atoms. The molecule has 106 valence electrons. The van der Waals surface area contributed by atoms with Crippen molar-refractivity contribution < 1.29 is 0 Å². The lowest BCUT2D eigenvalue weighted by atomic mass is 10.1. The van der Waals surface area contributed by atoms with Gasteiger partial charge in [0.15, 0.2) is 0 Å². The van der Waals surface area contributed by atoms with Gasteiger partial charge in [-0.1, -0.05) is 52.8 Å². The summed E-state index contributed by atoms with van der Waals surface area (Å²) in [6.45, 7) is 6.19. The summed E-state index contributed by atoms with van der Waals surface area (Å²) >= 11 is 4.85. The molecule has 0 fully saturated rings. The number of hydrogen-bond donors (Lipinski definition) is 0. The van der Waals surface area contributed by atoms with Crippen LogP contribution >= 0.6 is 27.3 Å². The highest BCUT2D eigenvalue weighted by Gasteiger charge is 2.15. The summed E-state index contributed by atoms with van der Waals surface area (Å²) < 4.78 is 2.33. The Bertz CT molecular complexity index is 880. The molecule has 5 heteroatoms. The van der Waals surface area contributed by atoms with Crippen LogP contribution in [0.25, 0.3) is 20.7 Å². The van der Waals surface area contributed by atoms with E-state index in [1.54, 1.807) is 22.2 Å². The maximum Gasteiger partial charge on any atom is 0.262 e. The fourth-order valence-electron chi connectivity index (χ4n) is 2.32. The predicted molar refractivity (Wildman–Crippen MR) is 92.1 cm³/mol. The van der Waals surface area contributed by atoms with E-state index in [0.717, 1.165) is 25.3 Å². The standard InChI is InChI=1S/C16H13BrN2OS/c1-10(17)8-19-9-18-15-13(16(19)20)11(2)14(21-15)12-6-4-3-5-7-12/h3-7,9H,1,8H2,2H3. The minimum Gasteiger partial charge on any atom is -0.294 e. The van der Waals surface area contributed by atoms with E-state index in [4.69, 9.17) is 0 Å². The lowest BCUT2D eigenvalue weighted by Gasteiger charge is -2.03. The summed E-state index contributed by atoms with van der Waals surface area (Å²) in [6, 6.07) is 10.1. The maximum absolute atomic E-state index is 12.6. The lowest BCUT2D eigenvalue weighted by Crippen LogP contribution is -2.20. The molecule has 0 unspecified atom stereocenters. The normalized spacial score (nSPS) is 11.0. The molecule has 1 aromatic carbocycles. The number of nitrogens with zero attached hydrogens (tertiary/aromatic N) is 2. The van der Waals surface area contributed by atoms with Crippen LogP contribution in [-0.4, -0.2) is 9.55 Å². The molecule has 0 aliphatic rings. The quantitative estimate of drug-likeness (QED) is 0.696. The van der Waals surface area contributed by atoms with Gasteiger partial charge in [-0.2, -0.15) is 0 Å². The summed E-state index contributed by atoms with van der Waals surface area (Å²) in [5, 5.41) is 0.704. The Morgan fingerprint density at radius 3 is 2.76 bits per heavy atom. The Morgan fingerprint density at radius 1 is 1.38 bits per heavy atom. The summed E-state index contributed by atoms with van der Waals surface area (Å²) in [5.41, 5.74) is 2.10. The van der Waals surface area contributed by atoms with Crippen LogP contribution in [0, 0.1) is 6.92 Å². The van der Waals surface area contributed by atoms with E-state index in [1.807, 2.05) is 25.1 Å². The molecule has 0 aliphatic heterocycles. The topological polar surface area (TPSA) is 34.9 Å². The van der Waals surface area contributed by atoms with E-state index in [2.05, 4.69) is 39.6 Å². The molecular weight excluding hydrogens is 348 g/mol. The molecule has 2 aromatic heterocycles. The fraction of sp³-hybridized carbons (Fsp3) is 0.125. The van der Waals surface area contributed by atoms with E-state index in [-0.39, 0.29) is 5.56 Å².